The summed E-state index contributed by atoms with van der Waals surface area (Å²) in [6.07, 6.45) is 3.43. The number of hydrogen-bond acceptors (Lipinski definition) is 8. The van der Waals surface area contributed by atoms with E-state index in [1.165, 1.54) is 19.5 Å². The van der Waals surface area contributed by atoms with Crippen molar-refractivity contribution in [1.82, 2.24) is 15.3 Å². The van der Waals surface area contributed by atoms with Crippen molar-refractivity contribution in [3.05, 3.63) is 59.6 Å². The van der Waals surface area contributed by atoms with Gasteiger partial charge in [-0.05, 0) is 30.3 Å². The lowest BCUT2D eigenvalue weighted by atomic mass is 10.1. The molecule has 2 aromatic carbocycles. The standard InChI is InChI=1S/C22H20BrFN6O4/c1-3-20(31)29-18-9-14-17(10-19(18)34-7-6-25-21(32)11-28-33-2)26-12-27-22(14)30-16-5-4-13(23)8-15(16)24/h3-5,8-12H,1,6-7H2,2H3,(H,25,32)(H,29,31)(H,26,27,30)/b28-11+. The Morgan fingerprint density at radius 3 is 2.76 bits per heavy atom. The number of nitrogens with one attached hydrogen (secondary N) is 3. The van der Waals surface area contributed by atoms with Gasteiger partial charge in [0.2, 0.25) is 5.91 Å². The van der Waals surface area contributed by atoms with E-state index in [0.29, 0.717) is 32.6 Å². The van der Waals surface area contributed by atoms with E-state index < -0.39 is 17.6 Å². The summed E-state index contributed by atoms with van der Waals surface area (Å²) >= 11 is 3.22. The lowest BCUT2D eigenvalue weighted by Crippen LogP contribution is -2.29. The molecule has 0 bridgehead atoms. The number of amides is 2. The molecule has 1 heterocycles. The lowest BCUT2D eigenvalue weighted by Gasteiger charge is -2.15. The fourth-order valence-electron chi connectivity index (χ4n) is 2.78. The SMILES string of the molecule is C=CC(=O)Nc1cc2c(Nc3ccc(Br)cc3F)ncnc2cc1OCCNC(=O)/C=N/OC. The first-order valence-electron chi connectivity index (χ1n) is 9.82. The molecule has 0 aliphatic heterocycles. The Morgan fingerprint density at radius 2 is 2.03 bits per heavy atom. The maximum atomic E-state index is 14.3. The number of carbonyl (C=O) groups is 2. The topological polar surface area (TPSA) is 127 Å². The number of benzene rings is 2. The summed E-state index contributed by atoms with van der Waals surface area (Å²) < 4.78 is 20.7. The number of anilines is 3. The van der Waals surface area contributed by atoms with Crippen molar-refractivity contribution < 1.29 is 23.6 Å². The van der Waals surface area contributed by atoms with Gasteiger partial charge < -0.3 is 25.5 Å². The molecule has 12 heteroatoms. The first-order valence-corrected chi connectivity index (χ1v) is 10.6. The first kappa shape index (κ1) is 24.6. The number of fused-ring (bicyclic) bond motifs is 1. The molecule has 0 aliphatic rings. The van der Waals surface area contributed by atoms with Crippen molar-refractivity contribution in [2.24, 2.45) is 5.16 Å². The molecule has 3 N–H and O–H groups in total. The van der Waals surface area contributed by atoms with E-state index in [0.717, 1.165) is 12.3 Å². The van der Waals surface area contributed by atoms with Crippen molar-refractivity contribution >= 4 is 62.1 Å². The Morgan fingerprint density at radius 1 is 1.21 bits per heavy atom. The fraction of sp³-hybridized carbons (Fsp3) is 0.136. The minimum atomic E-state index is -0.473. The third kappa shape index (κ3) is 6.48. The molecule has 0 atom stereocenters. The Labute approximate surface area is 202 Å². The van der Waals surface area contributed by atoms with Gasteiger partial charge in [-0.15, -0.1) is 0 Å². The second-order valence-electron chi connectivity index (χ2n) is 6.59. The highest BCUT2D eigenvalue weighted by Gasteiger charge is 2.14. The number of ether oxygens (including phenoxy) is 1. The van der Waals surface area contributed by atoms with Gasteiger partial charge >= 0.3 is 0 Å². The van der Waals surface area contributed by atoms with Gasteiger partial charge in [0.15, 0.2) is 0 Å². The molecule has 0 aliphatic carbocycles. The molecule has 3 aromatic rings. The highest BCUT2D eigenvalue weighted by molar-refractivity contribution is 9.10. The average molecular weight is 531 g/mol. The Kier molecular flexibility index (Phi) is 8.46. The summed E-state index contributed by atoms with van der Waals surface area (Å²) in [5.41, 5.74) is 1.02. The number of rotatable bonds is 10. The highest BCUT2D eigenvalue weighted by Crippen LogP contribution is 2.34. The summed E-state index contributed by atoms with van der Waals surface area (Å²) in [5.74, 6) is -0.746. The molecular formula is C22H20BrFN6O4. The zero-order valence-corrected chi connectivity index (χ0v) is 19.6. The minimum Gasteiger partial charge on any atom is -0.489 e. The van der Waals surface area contributed by atoms with Gasteiger partial charge in [0.25, 0.3) is 5.91 Å². The third-order valence-corrected chi connectivity index (χ3v) is 4.79. The Balaban J connectivity index is 1.87. The van der Waals surface area contributed by atoms with Crippen LogP contribution in [-0.4, -0.2) is 48.3 Å². The van der Waals surface area contributed by atoms with Gasteiger partial charge in [-0.25, -0.2) is 14.4 Å². The van der Waals surface area contributed by atoms with Gasteiger partial charge in [-0.2, -0.15) is 0 Å². The molecule has 0 saturated carbocycles. The molecule has 176 valence electrons. The Bertz CT molecular complexity index is 1250. The van der Waals surface area contributed by atoms with Crippen LogP contribution < -0.4 is 20.7 Å². The second-order valence-corrected chi connectivity index (χ2v) is 7.50. The number of halogens is 2. The van der Waals surface area contributed by atoms with Gasteiger partial charge in [0, 0.05) is 15.9 Å². The molecule has 10 nitrogen and oxygen atoms in total. The van der Waals surface area contributed by atoms with E-state index in [-0.39, 0.29) is 18.8 Å². The molecular weight excluding hydrogens is 511 g/mol. The van der Waals surface area contributed by atoms with Crippen molar-refractivity contribution in [2.75, 3.05) is 30.9 Å². The molecule has 0 unspecified atom stereocenters. The second kappa shape index (κ2) is 11.7. The van der Waals surface area contributed by atoms with E-state index in [4.69, 9.17) is 4.74 Å². The summed E-state index contributed by atoms with van der Waals surface area (Å²) in [5, 5.41) is 12.1. The van der Waals surface area contributed by atoms with E-state index in [1.54, 1.807) is 24.3 Å². The van der Waals surface area contributed by atoms with Crippen LogP contribution >= 0.6 is 15.9 Å². The largest absolute Gasteiger partial charge is 0.489 e. The molecule has 0 spiro atoms. The summed E-state index contributed by atoms with van der Waals surface area (Å²) in [6, 6.07) is 7.79. The number of oxime groups is 1. The van der Waals surface area contributed by atoms with E-state index in [2.05, 4.69) is 58.4 Å². The van der Waals surface area contributed by atoms with Crippen molar-refractivity contribution in [1.29, 1.82) is 0 Å². The van der Waals surface area contributed by atoms with Gasteiger partial charge in [0.1, 0.15) is 43.6 Å². The van der Waals surface area contributed by atoms with Crippen LogP contribution in [0.2, 0.25) is 0 Å². The lowest BCUT2D eigenvalue weighted by molar-refractivity contribution is -0.114. The maximum absolute atomic E-state index is 14.3. The van der Waals surface area contributed by atoms with Crippen molar-refractivity contribution in [2.45, 2.75) is 0 Å². The van der Waals surface area contributed by atoms with Gasteiger partial charge in [-0.3, -0.25) is 9.59 Å². The molecule has 2 amide bonds. The molecule has 0 fully saturated rings. The smallest absolute Gasteiger partial charge is 0.265 e. The van der Waals surface area contributed by atoms with Crippen molar-refractivity contribution in [3.8, 4) is 5.75 Å². The van der Waals surface area contributed by atoms with E-state index >= 15 is 0 Å². The zero-order valence-electron chi connectivity index (χ0n) is 18.0. The Hall–Kier alpha value is -4.06. The average Bonchev–Trinajstić information content (AvgIpc) is 2.82. The minimum absolute atomic E-state index is 0.0926. The normalized spacial score (nSPS) is 10.7. The van der Waals surface area contributed by atoms with Gasteiger partial charge in [-0.1, -0.05) is 27.7 Å². The predicted molar refractivity (Wildman–Crippen MR) is 130 cm³/mol. The highest BCUT2D eigenvalue weighted by atomic mass is 79.9. The van der Waals surface area contributed by atoms with Crippen LogP contribution in [-0.2, 0) is 14.4 Å². The number of hydrogen-bond donors (Lipinski definition) is 3. The van der Waals surface area contributed by atoms with Crippen LogP contribution in [0.3, 0.4) is 0 Å². The first-order chi connectivity index (χ1) is 16.4. The van der Waals surface area contributed by atoms with Crippen LogP contribution in [0, 0.1) is 5.82 Å². The van der Waals surface area contributed by atoms with E-state index in [1.807, 2.05) is 0 Å². The number of nitrogens with zero attached hydrogens (tertiary/aromatic N) is 3. The van der Waals surface area contributed by atoms with Crippen molar-refractivity contribution in [3.63, 3.8) is 0 Å². The van der Waals surface area contributed by atoms with E-state index in [9.17, 15) is 14.0 Å². The fourth-order valence-corrected chi connectivity index (χ4v) is 3.12. The molecule has 0 radical (unpaired) electrons. The number of aromatic nitrogens is 2. The molecule has 3 rings (SSSR count). The van der Waals surface area contributed by atoms with Crippen LogP contribution in [0.5, 0.6) is 5.75 Å². The molecule has 34 heavy (non-hydrogen) atoms. The van der Waals surface area contributed by atoms with Crippen LogP contribution in [0.25, 0.3) is 10.9 Å². The van der Waals surface area contributed by atoms with Crippen LogP contribution in [0.1, 0.15) is 0 Å². The zero-order chi connectivity index (χ0) is 24.5. The summed E-state index contributed by atoms with van der Waals surface area (Å²) in [6.45, 7) is 3.71. The number of carbonyl (C=O) groups excluding carboxylic acids is 2. The summed E-state index contributed by atoms with van der Waals surface area (Å²) in [4.78, 5) is 36.4. The summed E-state index contributed by atoms with van der Waals surface area (Å²) in [7, 11) is 1.32. The monoisotopic (exact) mass is 530 g/mol. The maximum Gasteiger partial charge on any atom is 0.265 e. The quantitative estimate of drug-likeness (QED) is 0.158. The van der Waals surface area contributed by atoms with Crippen LogP contribution in [0.4, 0.5) is 21.6 Å². The van der Waals surface area contributed by atoms with Crippen LogP contribution in [0.15, 0.2) is 58.9 Å². The predicted octanol–water partition coefficient (Wildman–Crippen LogP) is 3.53. The molecule has 1 aromatic heterocycles. The van der Waals surface area contributed by atoms with Gasteiger partial charge in [0.05, 0.1) is 23.4 Å². The molecule has 0 saturated heterocycles. The third-order valence-electron chi connectivity index (χ3n) is 4.30.